The molecule has 3 heterocycles. The lowest BCUT2D eigenvalue weighted by atomic mass is 10.1. The van der Waals surface area contributed by atoms with Crippen molar-refractivity contribution in [3.8, 4) is 0 Å². The van der Waals surface area contributed by atoms with Gasteiger partial charge in [-0.3, -0.25) is 9.36 Å². The highest BCUT2D eigenvalue weighted by Gasteiger charge is 2.37. The number of para-hydroxylation sites is 1. The molecule has 2 aliphatic rings. The van der Waals surface area contributed by atoms with E-state index in [4.69, 9.17) is 0 Å². The van der Waals surface area contributed by atoms with Gasteiger partial charge in [-0.15, -0.1) is 16.9 Å². The summed E-state index contributed by atoms with van der Waals surface area (Å²) in [5, 5.41) is 18.7. The molecule has 1 aliphatic heterocycles. The number of hydrogen-bond donors (Lipinski definition) is 1. The molecule has 1 saturated carbocycles. The van der Waals surface area contributed by atoms with E-state index in [2.05, 4.69) is 10.3 Å². The molecule has 0 unspecified atom stereocenters. The second-order valence-corrected chi connectivity index (χ2v) is 7.78. The average molecular weight is 368 g/mol. The highest BCUT2D eigenvalue weighted by Crippen LogP contribution is 2.48. The van der Waals surface area contributed by atoms with E-state index in [0.717, 1.165) is 40.0 Å². The van der Waals surface area contributed by atoms with Gasteiger partial charge in [0.15, 0.2) is 0 Å². The van der Waals surface area contributed by atoms with Crippen molar-refractivity contribution in [2.75, 3.05) is 5.75 Å². The number of carboxylic acid groups (broad SMARTS) is 1. The van der Waals surface area contributed by atoms with E-state index in [9.17, 15) is 14.7 Å². The molecule has 3 aromatic rings. The minimum atomic E-state index is -0.949. The number of aliphatic carboxylic acids is 1. The Morgan fingerprint density at radius 2 is 2.12 bits per heavy atom. The average Bonchev–Trinajstić information content (AvgIpc) is 3.21. The van der Waals surface area contributed by atoms with E-state index in [1.807, 2.05) is 24.3 Å². The number of aromatic nitrogens is 4. The quantitative estimate of drug-likeness (QED) is 0.760. The zero-order valence-electron chi connectivity index (χ0n) is 13.8. The van der Waals surface area contributed by atoms with Crippen molar-refractivity contribution in [3.63, 3.8) is 0 Å². The lowest BCUT2D eigenvalue weighted by Gasteiger charge is -2.16. The van der Waals surface area contributed by atoms with Gasteiger partial charge in [0.1, 0.15) is 11.6 Å². The van der Waals surface area contributed by atoms with E-state index in [1.54, 1.807) is 10.7 Å². The topological polar surface area (TPSA) is 90.0 Å². The van der Waals surface area contributed by atoms with Gasteiger partial charge in [0, 0.05) is 11.8 Å². The molecule has 1 aromatic carbocycles. The van der Waals surface area contributed by atoms with E-state index in [-0.39, 0.29) is 5.56 Å². The fraction of sp³-hybridized carbons (Fsp3) is 0.333. The number of thioether (sulfide) groups is 1. The molecule has 0 radical (unpaired) electrons. The van der Waals surface area contributed by atoms with E-state index < -0.39 is 12.0 Å². The molecular formula is C18H16N4O3S. The number of carboxylic acids is 1. The number of fused-ring (bicyclic) bond motifs is 2. The Hall–Kier alpha value is -2.61. The van der Waals surface area contributed by atoms with Crippen molar-refractivity contribution in [2.24, 2.45) is 0 Å². The van der Waals surface area contributed by atoms with Crippen LogP contribution in [0.4, 0.5) is 0 Å². The summed E-state index contributed by atoms with van der Waals surface area (Å²) in [6, 6.07) is 8.54. The highest BCUT2D eigenvalue weighted by atomic mass is 32.2. The Labute approximate surface area is 152 Å². The maximum atomic E-state index is 12.7. The third-order valence-electron chi connectivity index (χ3n) is 5.03. The lowest BCUT2D eigenvalue weighted by Crippen LogP contribution is -2.29. The first-order chi connectivity index (χ1) is 12.6. The van der Waals surface area contributed by atoms with Crippen LogP contribution in [-0.2, 0) is 11.3 Å². The van der Waals surface area contributed by atoms with Crippen molar-refractivity contribution in [1.29, 1.82) is 0 Å². The van der Waals surface area contributed by atoms with Crippen LogP contribution in [0.25, 0.3) is 11.0 Å². The number of hydrogen-bond acceptors (Lipinski definition) is 5. The van der Waals surface area contributed by atoms with Crippen LogP contribution >= 0.6 is 11.8 Å². The van der Waals surface area contributed by atoms with Crippen LogP contribution in [0.2, 0.25) is 0 Å². The van der Waals surface area contributed by atoms with Gasteiger partial charge in [0.25, 0.3) is 5.56 Å². The Morgan fingerprint density at radius 1 is 1.31 bits per heavy atom. The third-order valence-corrected chi connectivity index (χ3v) is 6.20. The number of benzene rings is 1. The predicted molar refractivity (Wildman–Crippen MR) is 96.7 cm³/mol. The van der Waals surface area contributed by atoms with Gasteiger partial charge in [-0.2, -0.15) is 0 Å². The van der Waals surface area contributed by atoms with Crippen molar-refractivity contribution >= 4 is 28.8 Å². The number of rotatable bonds is 4. The molecule has 0 spiro atoms. The summed E-state index contributed by atoms with van der Waals surface area (Å²) in [7, 11) is 0. The summed E-state index contributed by atoms with van der Waals surface area (Å²) in [5.41, 5.74) is 3.54. The molecule has 1 fully saturated rings. The molecule has 0 amide bonds. The Kier molecular flexibility index (Phi) is 3.43. The molecule has 132 valence electrons. The molecule has 8 heteroatoms. The Balaban J connectivity index is 1.65. The molecule has 5 rings (SSSR count). The first kappa shape index (κ1) is 15.6. The van der Waals surface area contributed by atoms with Gasteiger partial charge in [0.2, 0.25) is 0 Å². The molecule has 1 aliphatic carbocycles. The summed E-state index contributed by atoms with van der Waals surface area (Å²) in [5.74, 6) is -0.142. The van der Waals surface area contributed by atoms with E-state index >= 15 is 0 Å². The van der Waals surface area contributed by atoms with Crippen LogP contribution in [0.5, 0.6) is 0 Å². The molecule has 7 nitrogen and oxygen atoms in total. The minimum absolute atomic E-state index is 0.249. The fourth-order valence-corrected chi connectivity index (χ4v) is 5.07. The number of pyridine rings is 1. The van der Waals surface area contributed by atoms with Crippen LogP contribution < -0.4 is 5.56 Å². The molecule has 0 bridgehead atoms. The summed E-state index contributed by atoms with van der Waals surface area (Å²) < 4.78 is 3.27. The smallest absolute Gasteiger partial charge is 0.327 e. The minimum Gasteiger partial charge on any atom is -0.480 e. The third kappa shape index (κ3) is 2.36. The predicted octanol–water partition coefficient (Wildman–Crippen LogP) is 2.25. The Morgan fingerprint density at radius 3 is 2.88 bits per heavy atom. The maximum Gasteiger partial charge on any atom is 0.327 e. The number of carbonyl (C=O) groups is 1. The normalized spacial score (nSPS) is 19.0. The zero-order chi connectivity index (χ0) is 17.8. The highest BCUT2D eigenvalue weighted by molar-refractivity contribution is 7.99. The van der Waals surface area contributed by atoms with Crippen LogP contribution in [0.1, 0.15) is 35.9 Å². The monoisotopic (exact) mass is 368 g/mol. The summed E-state index contributed by atoms with van der Waals surface area (Å²) in [6.45, 7) is 0.466. The van der Waals surface area contributed by atoms with Gasteiger partial charge < -0.3 is 5.11 Å². The number of nitrogens with zero attached hydrogens (tertiary/aromatic N) is 4. The zero-order valence-corrected chi connectivity index (χ0v) is 14.6. The van der Waals surface area contributed by atoms with Crippen LogP contribution in [0, 0.1) is 0 Å². The van der Waals surface area contributed by atoms with Crippen LogP contribution in [0.3, 0.4) is 0 Å². The maximum absolute atomic E-state index is 12.7. The van der Waals surface area contributed by atoms with Gasteiger partial charge >= 0.3 is 5.97 Å². The molecule has 1 atom stereocenters. The fourth-order valence-electron chi connectivity index (χ4n) is 3.66. The summed E-state index contributed by atoms with van der Waals surface area (Å²) >= 11 is 1.48. The van der Waals surface area contributed by atoms with Crippen molar-refractivity contribution < 1.29 is 9.90 Å². The largest absolute Gasteiger partial charge is 0.480 e. The first-order valence-electron chi connectivity index (χ1n) is 8.55. The molecule has 0 saturated heterocycles. The van der Waals surface area contributed by atoms with Gasteiger partial charge in [0.05, 0.1) is 17.1 Å². The summed E-state index contributed by atoms with van der Waals surface area (Å²) in [4.78, 5) is 24.2. The van der Waals surface area contributed by atoms with Gasteiger partial charge in [-0.05, 0) is 42.0 Å². The summed E-state index contributed by atoms with van der Waals surface area (Å²) in [6.07, 6.45) is 2.16. The lowest BCUT2D eigenvalue weighted by molar-refractivity contribution is -0.140. The standard InChI is InChI=1S/C18H16N4O3S/c23-15-7-11(8-21-13-4-2-1-3-12(13)19-20-21)16(10-5-6-10)17-22(15)14(9-26-17)18(24)25/h1-4,7,10,14H,5-6,8-9H2,(H,24,25)/t14-/m0/s1. The molecule has 26 heavy (non-hydrogen) atoms. The van der Waals surface area contributed by atoms with Gasteiger partial charge in [-0.25, -0.2) is 9.48 Å². The van der Waals surface area contributed by atoms with Crippen molar-refractivity contribution in [2.45, 2.75) is 36.4 Å². The van der Waals surface area contributed by atoms with Gasteiger partial charge in [-0.1, -0.05) is 17.3 Å². The first-order valence-corrected chi connectivity index (χ1v) is 9.54. The molecular weight excluding hydrogens is 352 g/mol. The SMILES string of the molecule is O=C(O)[C@@H]1CSc2c(C3CC3)c(Cn3nnc4ccccc43)cc(=O)n21. The second kappa shape index (κ2) is 5.70. The van der Waals surface area contributed by atoms with Crippen LogP contribution in [0.15, 0.2) is 40.2 Å². The second-order valence-electron chi connectivity index (χ2n) is 6.77. The van der Waals surface area contributed by atoms with Crippen molar-refractivity contribution in [1.82, 2.24) is 19.6 Å². The van der Waals surface area contributed by atoms with E-state index in [0.29, 0.717) is 18.2 Å². The van der Waals surface area contributed by atoms with Crippen LogP contribution in [-0.4, -0.2) is 36.4 Å². The Bertz CT molecular complexity index is 1100. The molecule has 2 aromatic heterocycles. The molecule has 1 N–H and O–H groups in total. The van der Waals surface area contributed by atoms with Crippen molar-refractivity contribution in [3.05, 3.63) is 51.8 Å². The van der Waals surface area contributed by atoms with E-state index in [1.165, 1.54) is 16.3 Å².